The van der Waals surface area contributed by atoms with Crippen molar-refractivity contribution < 1.29 is 13.2 Å². The maximum absolute atomic E-state index is 13.1. The zero-order valence-corrected chi connectivity index (χ0v) is 16.8. The minimum absolute atomic E-state index is 0.118. The molecule has 1 atom stereocenters. The molecule has 1 amide bonds. The van der Waals surface area contributed by atoms with Crippen LogP contribution in [0.25, 0.3) is 0 Å². The van der Waals surface area contributed by atoms with Crippen LogP contribution in [0.15, 0.2) is 53.7 Å². The van der Waals surface area contributed by atoms with Crippen LogP contribution in [-0.4, -0.2) is 47.6 Å². The minimum Gasteiger partial charge on any atom is -0.335 e. The lowest BCUT2D eigenvalue weighted by atomic mass is 9.91. The van der Waals surface area contributed by atoms with Crippen LogP contribution in [0.1, 0.15) is 30.9 Å². The van der Waals surface area contributed by atoms with Crippen molar-refractivity contribution in [2.75, 3.05) is 13.1 Å². The molecule has 3 heterocycles. The van der Waals surface area contributed by atoms with Gasteiger partial charge in [-0.1, -0.05) is 24.3 Å². The van der Waals surface area contributed by atoms with Gasteiger partial charge < -0.3 is 4.90 Å². The van der Waals surface area contributed by atoms with E-state index in [4.69, 9.17) is 0 Å². The second kappa shape index (κ2) is 7.64. The molecule has 2 aliphatic rings. The van der Waals surface area contributed by atoms with Crippen LogP contribution in [0.4, 0.5) is 0 Å². The van der Waals surface area contributed by atoms with Gasteiger partial charge in [0.25, 0.3) is 0 Å². The Kier molecular flexibility index (Phi) is 5.21. The molecule has 1 saturated heterocycles. The number of nitrogens with zero attached hydrogens (tertiary/aromatic N) is 3. The van der Waals surface area contributed by atoms with Crippen LogP contribution in [0, 0.1) is 5.92 Å². The molecule has 0 spiro atoms. The molecule has 7 heteroatoms. The van der Waals surface area contributed by atoms with Crippen molar-refractivity contribution in [3.8, 4) is 0 Å². The molecule has 6 nitrogen and oxygen atoms in total. The lowest BCUT2D eigenvalue weighted by Crippen LogP contribution is -2.48. The molecule has 0 bridgehead atoms. The van der Waals surface area contributed by atoms with Gasteiger partial charge in [0.05, 0.1) is 0 Å². The average molecular weight is 400 g/mol. The van der Waals surface area contributed by atoms with Crippen molar-refractivity contribution in [1.82, 2.24) is 14.2 Å². The largest absolute Gasteiger partial charge is 0.335 e. The van der Waals surface area contributed by atoms with Crippen LogP contribution in [0.3, 0.4) is 0 Å². The summed E-state index contributed by atoms with van der Waals surface area (Å²) in [7, 11) is -3.54. The Balaban J connectivity index is 1.42. The summed E-state index contributed by atoms with van der Waals surface area (Å²) >= 11 is 0. The first-order valence-electron chi connectivity index (χ1n) is 9.74. The van der Waals surface area contributed by atoms with E-state index in [9.17, 15) is 13.2 Å². The molecule has 0 radical (unpaired) electrons. The van der Waals surface area contributed by atoms with Crippen LogP contribution in [0.5, 0.6) is 0 Å². The Morgan fingerprint density at radius 1 is 1.07 bits per heavy atom. The van der Waals surface area contributed by atoms with Crippen molar-refractivity contribution in [1.29, 1.82) is 0 Å². The molecule has 1 aromatic carbocycles. The Hall–Kier alpha value is -2.25. The standard InChI is InChI=1S/C21H25N3O3S/c1-16-13-18-5-2-3-6-19(18)15-24(16)21(25)17-8-11-23(12-9-17)28(26,27)20-7-4-10-22-14-20/h2-7,10,14,16-17H,8-9,11-13,15H2,1H3. The normalized spacial score (nSPS) is 21.3. The van der Waals surface area contributed by atoms with Gasteiger partial charge in [-0.25, -0.2) is 8.42 Å². The fourth-order valence-electron chi connectivity index (χ4n) is 4.20. The fraction of sp³-hybridized carbons (Fsp3) is 0.429. The summed E-state index contributed by atoms with van der Waals surface area (Å²) in [5, 5.41) is 0. The summed E-state index contributed by atoms with van der Waals surface area (Å²) in [4.78, 5) is 19.2. The maximum atomic E-state index is 13.1. The number of sulfonamides is 1. The fourth-order valence-corrected chi connectivity index (χ4v) is 5.63. The van der Waals surface area contributed by atoms with Crippen LogP contribution < -0.4 is 0 Å². The molecule has 0 saturated carbocycles. The van der Waals surface area contributed by atoms with Gasteiger partial charge in [-0.3, -0.25) is 9.78 Å². The Bertz CT molecular complexity index is 954. The molecule has 1 unspecified atom stereocenters. The number of piperidine rings is 1. The van der Waals surface area contributed by atoms with E-state index in [1.165, 1.54) is 21.6 Å². The molecule has 2 aromatic rings. The number of benzene rings is 1. The maximum Gasteiger partial charge on any atom is 0.244 e. The van der Waals surface area contributed by atoms with Crippen molar-refractivity contribution in [3.63, 3.8) is 0 Å². The van der Waals surface area contributed by atoms with Gasteiger partial charge in [-0.2, -0.15) is 4.31 Å². The quantitative estimate of drug-likeness (QED) is 0.795. The summed E-state index contributed by atoms with van der Waals surface area (Å²) in [6, 6.07) is 11.6. The monoisotopic (exact) mass is 399 g/mol. The highest BCUT2D eigenvalue weighted by atomic mass is 32.2. The van der Waals surface area contributed by atoms with Gasteiger partial charge in [0, 0.05) is 44.0 Å². The van der Waals surface area contributed by atoms with Crippen molar-refractivity contribution in [3.05, 3.63) is 59.9 Å². The predicted molar refractivity (Wildman–Crippen MR) is 106 cm³/mol. The number of hydrogen-bond donors (Lipinski definition) is 0. The lowest BCUT2D eigenvalue weighted by Gasteiger charge is -2.39. The van der Waals surface area contributed by atoms with E-state index in [0.717, 1.165) is 6.42 Å². The van der Waals surface area contributed by atoms with Gasteiger partial charge in [0.1, 0.15) is 4.90 Å². The van der Waals surface area contributed by atoms with Gasteiger partial charge in [0.2, 0.25) is 15.9 Å². The van der Waals surface area contributed by atoms with Crippen molar-refractivity contribution in [2.24, 2.45) is 5.92 Å². The number of hydrogen-bond acceptors (Lipinski definition) is 4. The predicted octanol–water partition coefficient (Wildman–Crippen LogP) is 2.46. The minimum atomic E-state index is -3.54. The molecule has 28 heavy (non-hydrogen) atoms. The van der Waals surface area contributed by atoms with Crippen LogP contribution in [-0.2, 0) is 27.8 Å². The highest BCUT2D eigenvalue weighted by Gasteiger charge is 2.36. The zero-order chi connectivity index (χ0) is 19.7. The van der Waals surface area contributed by atoms with E-state index in [-0.39, 0.29) is 22.8 Å². The third-order valence-electron chi connectivity index (χ3n) is 5.86. The van der Waals surface area contributed by atoms with Crippen molar-refractivity contribution in [2.45, 2.75) is 43.7 Å². The highest BCUT2D eigenvalue weighted by molar-refractivity contribution is 7.89. The van der Waals surface area contributed by atoms with Crippen molar-refractivity contribution >= 4 is 15.9 Å². The number of pyridine rings is 1. The lowest BCUT2D eigenvalue weighted by molar-refractivity contribution is -0.140. The number of amides is 1. The zero-order valence-electron chi connectivity index (χ0n) is 16.0. The first-order valence-corrected chi connectivity index (χ1v) is 11.2. The number of carbonyl (C=O) groups excluding carboxylic acids is 1. The summed E-state index contributed by atoms with van der Waals surface area (Å²) in [5.41, 5.74) is 2.53. The SMILES string of the molecule is CC1Cc2ccccc2CN1C(=O)C1CCN(S(=O)(=O)c2cccnc2)CC1. The topological polar surface area (TPSA) is 70.6 Å². The Labute approximate surface area is 166 Å². The summed E-state index contributed by atoms with van der Waals surface area (Å²) in [5.74, 6) is 0.0356. The van der Waals surface area contributed by atoms with Gasteiger partial charge >= 0.3 is 0 Å². The molecule has 0 N–H and O–H groups in total. The molecular weight excluding hydrogens is 374 g/mol. The van der Waals surface area contributed by atoms with Gasteiger partial charge in [-0.15, -0.1) is 0 Å². The average Bonchev–Trinajstić information content (AvgIpc) is 2.73. The summed E-state index contributed by atoms with van der Waals surface area (Å²) in [6.07, 6.45) is 4.92. The van der Waals surface area contributed by atoms with Gasteiger partial charge in [-0.05, 0) is 49.4 Å². The molecule has 0 aliphatic carbocycles. The van der Waals surface area contributed by atoms with E-state index in [0.29, 0.717) is 32.5 Å². The molecular formula is C21H25N3O3S. The number of aromatic nitrogens is 1. The van der Waals surface area contributed by atoms with E-state index in [2.05, 4.69) is 24.0 Å². The molecule has 1 aromatic heterocycles. The third-order valence-corrected chi connectivity index (χ3v) is 7.75. The van der Waals surface area contributed by atoms with E-state index in [1.807, 2.05) is 17.0 Å². The first kappa shape index (κ1) is 19.1. The van der Waals surface area contributed by atoms with E-state index < -0.39 is 10.0 Å². The van der Waals surface area contributed by atoms with E-state index in [1.54, 1.807) is 18.3 Å². The summed E-state index contributed by atoms with van der Waals surface area (Å²) < 4.78 is 27.0. The van der Waals surface area contributed by atoms with E-state index >= 15 is 0 Å². The number of carbonyl (C=O) groups is 1. The number of fused-ring (bicyclic) bond motifs is 1. The second-order valence-corrected chi connectivity index (χ2v) is 9.59. The molecule has 1 fully saturated rings. The Morgan fingerprint density at radius 2 is 1.79 bits per heavy atom. The molecule has 4 rings (SSSR count). The van der Waals surface area contributed by atoms with Gasteiger partial charge in [0.15, 0.2) is 0 Å². The third kappa shape index (κ3) is 3.56. The van der Waals surface area contributed by atoms with Crippen LogP contribution in [0.2, 0.25) is 0 Å². The Morgan fingerprint density at radius 3 is 2.46 bits per heavy atom. The first-order chi connectivity index (χ1) is 13.5. The second-order valence-electron chi connectivity index (χ2n) is 7.66. The molecule has 148 valence electrons. The highest BCUT2D eigenvalue weighted by Crippen LogP contribution is 2.29. The summed E-state index contributed by atoms with van der Waals surface area (Å²) in [6.45, 7) is 3.47. The molecule has 2 aliphatic heterocycles. The smallest absolute Gasteiger partial charge is 0.244 e. The number of rotatable bonds is 3. The van der Waals surface area contributed by atoms with Crippen LogP contribution >= 0.6 is 0 Å².